The summed E-state index contributed by atoms with van der Waals surface area (Å²) in [6.07, 6.45) is 9.02. The van der Waals surface area contributed by atoms with Gasteiger partial charge in [0.05, 0.1) is 5.25 Å². The van der Waals surface area contributed by atoms with Gasteiger partial charge in [0.2, 0.25) is 0 Å². The second kappa shape index (κ2) is 4.00. The van der Waals surface area contributed by atoms with Crippen LogP contribution in [-0.4, -0.2) is 22.5 Å². The molecule has 0 fully saturated rings. The molecule has 0 aromatic heterocycles. The highest BCUT2D eigenvalue weighted by molar-refractivity contribution is 7.99. The number of carbonyl (C=O) groups is 1. The molecule has 0 radical (unpaired) electrons. The highest BCUT2D eigenvalue weighted by Gasteiger charge is 2.23. The summed E-state index contributed by atoms with van der Waals surface area (Å²) in [6.45, 7) is 0. The Bertz CT molecular complexity index is 333. The van der Waals surface area contributed by atoms with Gasteiger partial charge >= 0.3 is 5.97 Å². The van der Waals surface area contributed by atoms with Crippen molar-refractivity contribution in [1.82, 2.24) is 0 Å². The fourth-order valence-corrected chi connectivity index (χ4v) is 2.44. The Morgan fingerprint density at radius 2 is 2.50 bits per heavy atom. The highest BCUT2D eigenvalue weighted by Crippen LogP contribution is 2.33. The first-order valence-corrected chi connectivity index (χ1v) is 5.39. The molecule has 2 rings (SSSR count). The van der Waals surface area contributed by atoms with Crippen molar-refractivity contribution in [3.63, 3.8) is 0 Å². The molecule has 1 N–H and O–H groups in total. The number of hydrogen-bond donors (Lipinski definition) is 1. The molecule has 0 spiro atoms. The quantitative estimate of drug-likeness (QED) is 0.724. The molecule has 4 heteroatoms. The van der Waals surface area contributed by atoms with Crippen LogP contribution in [0.5, 0.6) is 0 Å². The summed E-state index contributed by atoms with van der Waals surface area (Å²) in [7, 11) is 0. The zero-order chi connectivity index (χ0) is 9.97. The largest absolute Gasteiger partial charge is 0.481 e. The molecule has 2 unspecified atom stereocenters. The zero-order valence-electron chi connectivity index (χ0n) is 7.59. The first-order chi connectivity index (χ1) is 6.75. The van der Waals surface area contributed by atoms with Gasteiger partial charge in [-0.1, -0.05) is 23.8 Å². The van der Waals surface area contributed by atoms with E-state index < -0.39 is 5.97 Å². The van der Waals surface area contributed by atoms with Crippen LogP contribution in [0.3, 0.4) is 0 Å². The molecule has 2 aliphatic rings. The van der Waals surface area contributed by atoms with Crippen molar-refractivity contribution in [2.75, 3.05) is 0 Å². The van der Waals surface area contributed by atoms with Crippen molar-refractivity contribution in [1.29, 1.82) is 0 Å². The molecule has 0 amide bonds. The second-order valence-corrected chi connectivity index (χ2v) is 4.36. The Labute approximate surface area is 86.7 Å². The first kappa shape index (κ1) is 9.52. The van der Waals surface area contributed by atoms with Crippen molar-refractivity contribution in [2.45, 2.75) is 18.1 Å². The summed E-state index contributed by atoms with van der Waals surface area (Å²) in [5, 5.41) is 8.94. The van der Waals surface area contributed by atoms with Crippen LogP contribution in [0.1, 0.15) is 12.8 Å². The average Bonchev–Trinajstić information content (AvgIpc) is 2.61. The number of rotatable bonds is 3. The van der Waals surface area contributed by atoms with Crippen molar-refractivity contribution >= 4 is 24.1 Å². The third kappa shape index (κ3) is 2.07. The van der Waals surface area contributed by atoms with E-state index >= 15 is 0 Å². The standard InChI is InChI=1S/C10H11NO2S/c12-10(13)4-2-7-1-3-8-6-11-14-9(8)5-7/h1,3,5-6,8-9H,2,4H2,(H,12,13). The molecule has 0 aromatic rings. The number of fused-ring (bicyclic) bond motifs is 1. The molecule has 1 aliphatic heterocycles. The van der Waals surface area contributed by atoms with Crippen LogP contribution >= 0.6 is 11.9 Å². The molecular formula is C10H11NO2S. The van der Waals surface area contributed by atoms with Gasteiger partial charge in [0.1, 0.15) is 0 Å². The van der Waals surface area contributed by atoms with Gasteiger partial charge < -0.3 is 5.11 Å². The molecule has 2 atom stereocenters. The average molecular weight is 209 g/mol. The summed E-state index contributed by atoms with van der Waals surface area (Å²) in [5.74, 6) is -0.328. The smallest absolute Gasteiger partial charge is 0.303 e. The van der Waals surface area contributed by atoms with Crippen molar-refractivity contribution in [2.24, 2.45) is 10.3 Å². The molecular weight excluding hydrogens is 198 g/mol. The van der Waals surface area contributed by atoms with E-state index in [9.17, 15) is 4.79 Å². The maximum atomic E-state index is 10.4. The van der Waals surface area contributed by atoms with E-state index in [4.69, 9.17) is 5.11 Å². The van der Waals surface area contributed by atoms with Crippen LogP contribution in [-0.2, 0) is 4.79 Å². The molecule has 0 saturated carbocycles. The Hall–Kier alpha value is -1.03. The topological polar surface area (TPSA) is 49.7 Å². The molecule has 1 heterocycles. The van der Waals surface area contributed by atoms with E-state index in [-0.39, 0.29) is 6.42 Å². The van der Waals surface area contributed by atoms with E-state index in [2.05, 4.69) is 16.5 Å². The van der Waals surface area contributed by atoms with Crippen LogP contribution in [0.15, 0.2) is 28.2 Å². The predicted octanol–water partition coefficient (Wildman–Crippen LogP) is 2.06. The van der Waals surface area contributed by atoms with Crippen molar-refractivity contribution in [3.8, 4) is 0 Å². The molecule has 1 aliphatic carbocycles. The van der Waals surface area contributed by atoms with Gasteiger partial charge in [-0.05, 0) is 18.4 Å². The lowest BCUT2D eigenvalue weighted by molar-refractivity contribution is -0.136. The SMILES string of the molecule is O=C(O)CCC1=CC2SN=CC2C=C1. The number of hydrogen-bond acceptors (Lipinski definition) is 3. The fraction of sp³-hybridized carbons (Fsp3) is 0.400. The van der Waals surface area contributed by atoms with Crippen LogP contribution < -0.4 is 0 Å². The second-order valence-electron chi connectivity index (χ2n) is 3.40. The number of nitrogens with zero attached hydrogens (tertiary/aromatic N) is 1. The number of allylic oxidation sites excluding steroid dienone is 3. The van der Waals surface area contributed by atoms with Gasteiger partial charge in [-0.15, -0.1) is 0 Å². The maximum absolute atomic E-state index is 10.4. The van der Waals surface area contributed by atoms with Gasteiger partial charge in [-0.25, -0.2) is 4.40 Å². The maximum Gasteiger partial charge on any atom is 0.303 e. The lowest BCUT2D eigenvalue weighted by Crippen LogP contribution is -2.13. The fourth-order valence-electron chi connectivity index (χ4n) is 1.55. The molecule has 14 heavy (non-hydrogen) atoms. The van der Waals surface area contributed by atoms with Gasteiger partial charge in [-0.3, -0.25) is 4.79 Å². The molecule has 3 nitrogen and oxygen atoms in total. The van der Waals surface area contributed by atoms with Gasteiger partial charge in [0.15, 0.2) is 0 Å². The number of carboxylic acids is 1. The third-order valence-electron chi connectivity index (χ3n) is 2.33. The van der Waals surface area contributed by atoms with Gasteiger partial charge in [-0.2, -0.15) is 0 Å². The number of aliphatic carboxylic acids is 1. The van der Waals surface area contributed by atoms with Crippen LogP contribution in [0.2, 0.25) is 0 Å². The minimum absolute atomic E-state index is 0.207. The zero-order valence-corrected chi connectivity index (χ0v) is 8.41. The van der Waals surface area contributed by atoms with E-state index in [0.29, 0.717) is 17.6 Å². The lowest BCUT2D eigenvalue weighted by Gasteiger charge is -2.15. The molecule has 0 saturated heterocycles. The van der Waals surface area contributed by atoms with E-state index in [1.807, 2.05) is 12.3 Å². The van der Waals surface area contributed by atoms with Crippen molar-refractivity contribution < 1.29 is 9.90 Å². The van der Waals surface area contributed by atoms with E-state index in [1.165, 1.54) is 0 Å². The van der Waals surface area contributed by atoms with Crippen molar-refractivity contribution in [3.05, 3.63) is 23.8 Å². The predicted molar refractivity (Wildman–Crippen MR) is 57.5 cm³/mol. The summed E-state index contributed by atoms with van der Waals surface area (Å²) in [6, 6.07) is 0. The Balaban J connectivity index is 1.95. The molecule has 74 valence electrons. The van der Waals surface area contributed by atoms with Crippen LogP contribution in [0, 0.1) is 5.92 Å². The Morgan fingerprint density at radius 3 is 3.29 bits per heavy atom. The van der Waals surface area contributed by atoms with E-state index in [1.54, 1.807) is 11.9 Å². The normalized spacial score (nSPS) is 28.7. The summed E-state index contributed by atoms with van der Waals surface area (Å²) >= 11 is 1.56. The lowest BCUT2D eigenvalue weighted by atomic mass is 9.95. The van der Waals surface area contributed by atoms with E-state index in [0.717, 1.165) is 5.57 Å². The minimum atomic E-state index is -0.739. The van der Waals surface area contributed by atoms with Crippen LogP contribution in [0.25, 0.3) is 0 Å². The third-order valence-corrected chi connectivity index (χ3v) is 3.27. The van der Waals surface area contributed by atoms with Crippen LogP contribution in [0.4, 0.5) is 0 Å². The van der Waals surface area contributed by atoms with Gasteiger partial charge in [0, 0.05) is 18.6 Å². The summed E-state index contributed by atoms with van der Waals surface area (Å²) in [5.41, 5.74) is 1.12. The minimum Gasteiger partial charge on any atom is -0.481 e. The Kier molecular flexibility index (Phi) is 2.72. The summed E-state index contributed by atoms with van der Waals surface area (Å²) < 4.78 is 4.14. The molecule has 0 aromatic carbocycles. The first-order valence-electron chi connectivity index (χ1n) is 4.56. The summed E-state index contributed by atoms with van der Waals surface area (Å²) in [4.78, 5) is 10.4. The Morgan fingerprint density at radius 1 is 1.64 bits per heavy atom. The highest BCUT2D eigenvalue weighted by atomic mass is 32.2. The number of carboxylic acid groups (broad SMARTS) is 1. The van der Waals surface area contributed by atoms with Gasteiger partial charge in [0.25, 0.3) is 0 Å². The monoisotopic (exact) mass is 209 g/mol. The molecule has 0 bridgehead atoms.